The molecule has 0 radical (unpaired) electrons. The van der Waals surface area contributed by atoms with E-state index >= 15 is 0 Å². The lowest BCUT2D eigenvalue weighted by molar-refractivity contribution is 0.105. The second-order valence-electron chi connectivity index (χ2n) is 7.90. The molecule has 0 bridgehead atoms. The van der Waals surface area contributed by atoms with Crippen molar-refractivity contribution in [3.05, 3.63) is 88.9 Å². The molecule has 5 rings (SSSR count). The van der Waals surface area contributed by atoms with Gasteiger partial charge in [-0.1, -0.05) is 47.6 Å². The fourth-order valence-corrected chi connectivity index (χ4v) is 5.40. The SMILES string of the molecule is CC(C)N(C(=O)O/N=C(\C(=O)c1nc2ccccc2s1)c1nc2ccccc2s1)c1ccccc1. The first-order chi connectivity index (χ1) is 17.0. The Morgan fingerprint density at radius 1 is 0.800 bits per heavy atom. The van der Waals surface area contributed by atoms with Crippen molar-refractivity contribution in [2.45, 2.75) is 19.9 Å². The van der Waals surface area contributed by atoms with Gasteiger partial charge in [-0.2, -0.15) is 0 Å². The summed E-state index contributed by atoms with van der Waals surface area (Å²) in [6.45, 7) is 3.75. The zero-order valence-electron chi connectivity index (χ0n) is 18.9. The number of aromatic nitrogens is 2. The summed E-state index contributed by atoms with van der Waals surface area (Å²) in [6.07, 6.45) is -0.693. The van der Waals surface area contributed by atoms with Gasteiger partial charge >= 0.3 is 6.09 Å². The van der Waals surface area contributed by atoms with E-state index in [-0.39, 0.29) is 16.8 Å². The smallest absolute Gasteiger partial charge is 0.297 e. The van der Waals surface area contributed by atoms with Crippen molar-refractivity contribution in [1.29, 1.82) is 0 Å². The third-order valence-corrected chi connectivity index (χ3v) is 7.24. The third kappa shape index (κ3) is 4.68. The molecule has 9 heteroatoms. The number of hydrogen-bond acceptors (Lipinski definition) is 8. The van der Waals surface area contributed by atoms with Crippen LogP contribution in [0.1, 0.15) is 28.7 Å². The van der Waals surface area contributed by atoms with Gasteiger partial charge in [0.2, 0.25) is 5.78 Å². The number of amides is 1. The van der Waals surface area contributed by atoms with Crippen LogP contribution in [0.5, 0.6) is 0 Å². The molecule has 0 spiro atoms. The van der Waals surface area contributed by atoms with Crippen LogP contribution in [-0.4, -0.2) is 33.6 Å². The van der Waals surface area contributed by atoms with E-state index < -0.39 is 11.9 Å². The van der Waals surface area contributed by atoms with Gasteiger partial charge in [-0.15, -0.1) is 22.7 Å². The standard InChI is InChI=1S/C26H20N4O3S2/c1-16(2)30(17-10-4-3-5-11-17)26(32)33-29-22(24-27-18-12-6-8-14-20(18)34-24)23(31)25-28-19-13-7-9-15-21(19)35-25/h3-16H,1-2H3/b29-22+. The fourth-order valence-electron chi connectivity index (χ4n) is 3.55. The molecule has 0 saturated carbocycles. The predicted molar refractivity (Wildman–Crippen MR) is 141 cm³/mol. The van der Waals surface area contributed by atoms with Gasteiger partial charge in [0.15, 0.2) is 15.7 Å². The van der Waals surface area contributed by atoms with Crippen molar-refractivity contribution < 1.29 is 14.4 Å². The maximum Gasteiger partial charge on any atom is 0.440 e. The van der Waals surface area contributed by atoms with Gasteiger partial charge in [0.05, 0.1) is 20.4 Å². The largest absolute Gasteiger partial charge is 0.440 e. The number of anilines is 1. The van der Waals surface area contributed by atoms with Crippen LogP contribution in [0.25, 0.3) is 20.4 Å². The number of fused-ring (bicyclic) bond motifs is 2. The summed E-state index contributed by atoms with van der Waals surface area (Å²) in [5, 5.41) is 4.67. The minimum Gasteiger partial charge on any atom is -0.297 e. The van der Waals surface area contributed by atoms with E-state index in [0.29, 0.717) is 10.7 Å². The van der Waals surface area contributed by atoms with Crippen LogP contribution >= 0.6 is 22.7 Å². The average molecular weight is 501 g/mol. The van der Waals surface area contributed by atoms with Crippen LogP contribution in [0.15, 0.2) is 84.0 Å². The van der Waals surface area contributed by atoms with Gasteiger partial charge in [-0.25, -0.2) is 14.8 Å². The molecule has 2 heterocycles. The highest BCUT2D eigenvalue weighted by molar-refractivity contribution is 7.23. The van der Waals surface area contributed by atoms with Crippen LogP contribution in [0.2, 0.25) is 0 Å². The van der Waals surface area contributed by atoms with Gasteiger partial charge in [0, 0.05) is 11.7 Å². The first-order valence-corrected chi connectivity index (χ1v) is 12.5. The summed E-state index contributed by atoms with van der Waals surface area (Å²) >= 11 is 2.57. The van der Waals surface area contributed by atoms with E-state index in [4.69, 9.17) is 4.84 Å². The molecule has 35 heavy (non-hydrogen) atoms. The molecule has 0 aliphatic heterocycles. The number of Topliss-reactive ketones (excluding diaryl/α,β-unsaturated/α-hetero) is 1. The number of rotatable bonds is 6. The van der Waals surface area contributed by atoms with E-state index in [1.165, 1.54) is 27.6 Å². The molecule has 5 aromatic rings. The number of nitrogens with zero attached hydrogens (tertiary/aromatic N) is 4. The number of carbonyl (C=O) groups is 2. The van der Waals surface area contributed by atoms with Gasteiger partial charge in [0.25, 0.3) is 0 Å². The summed E-state index contributed by atoms with van der Waals surface area (Å²) < 4.78 is 1.78. The molecule has 0 aliphatic carbocycles. The highest BCUT2D eigenvalue weighted by Gasteiger charge is 2.27. The van der Waals surface area contributed by atoms with Gasteiger partial charge in [-0.3, -0.25) is 14.5 Å². The number of ketones is 1. The highest BCUT2D eigenvalue weighted by Crippen LogP contribution is 2.27. The van der Waals surface area contributed by atoms with E-state index in [2.05, 4.69) is 15.1 Å². The van der Waals surface area contributed by atoms with Crippen molar-refractivity contribution in [2.24, 2.45) is 5.16 Å². The number of para-hydroxylation sites is 3. The lowest BCUT2D eigenvalue weighted by Crippen LogP contribution is -2.37. The Labute approximate surface area is 209 Å². The molecular formula is C26H20N4O3S2. The van der Waals surface area contributed by atoms with Gasteiger partial charge < -0.3 is 0 Å². The normalized spacial score (nSPS) is 11.8. The molecule has 2 aromatic heterocycles. The summed E-state index contributed by atoms with van der Waals surface area (Å²) in [5.41, 5.74) is 2.06. The van der Waals surface area contributed by atoms with Crippen molar-refractivity contribution >= 4 is 66.4 Å². The zero-order valence-corrected chi connectivity index (χ0v) is 20.5. The van der Waals surface area contributed by atoms with Crippen LogP contribution in [-0.2, 0) is 4.84 Å². The molecule has 1 amide bonds. The van der Waals surface area contributed by atoms with Crippen molar-refractivity contribution in [1.82, 2.24) is 9.97 Å². The van der Waals surface area contributed by atoms with Crippen LogP contribution < -0.4 is 4.90 Å². The third-order valence-electron chi connectivity index (χ3n) is 5.16. The molecule has 0 aliphatic rings. The van der Waals surface area contributed by atoms with Crippen molar-refractivity contribution in [3.8, 4) is 0 Å². The molecule has 0 atom stereocenters. The monoisotopic (exact) mass is 500 g/mol. The highest BCUT2D eigenvalue weighted by atomic mass is 32.1. The van der Waals surface area contributed by atoms with E-state index in [0.717, 1.165) is 20.4 Å². The minimum absolute atomic E-state index is 0.0598. The maximum absolute atomic E-state index is 13.6. The molecule has 7 nitrogen and oxygen atoms in total. The van der Waals surface area contributed by atoms with Gasteiger partial charge in [0.1, 0.15) is 0 Å². The Hall–Kier alpha value is -3.95. The van der Waals surface area contributed by atoms with Crippen molar-refractivity contribution in [3.63, 3.8) is 0 Å². The lowest BCUT2D eigenvalue weighted by atomic mass is 10.2. The molecule has 0 saturated heterocycles. The average Bonchev–Trinajstić information content (AvgIpc) is 3.49. The van der Waals surface area contributed by atoms with Gasteiger partial charge in [-0.05, 0) is 50.2 Å². The van der Waals surface area contributed by atoms with Crippen LogP contribution in [0.4, 0.5) is 10.5 Å². The topological polar surface area (TPSA) is 84.8 Å². The number of hydrogen-bond donors (Lipinski definition) is 0. The Bertz CT molecular complexity index is 1490. The first-order valence-electron chi connectivity index (χ1n) is 10.9. The molecule has 0 fully saturated rings. The first kappa shape index (κ1) is 22.8. The lowest BCUT2D eigenvalue weighted by Gasteiger charge is -2.24. The summed E-state index contributed by atoms with van der Waals surface area (Å²) in [5.74, 6) is -0.450. The Balaban J connectivity index is 1.53. The number of oxime groups is 1. The second-order valence-corrected chi connectivity index (χ2v) is 9.96. The maximum atomic E-state index is 13.6. The predicted octanol–water partition coefficient (Wildman–Crippen LogP) is 6.54. The fraction of sp³-hybridized carbons (Fsp3) is 0.115. The molecule has 0 N–H and O–H groups in total. The number of benzene rings is 3. The van der Waals surface area contributed by atoms with E-state index in [1.54, 1.807) is 0 Å². The van der Waals surface area contributed by atoms with Crippen molar-refractivity contribution in [2.75, 3.05) is 4.90 Å². The Kier molecular flexibility index (Phi) is 6.35. The van der Waals surface area contributed by atoms with E-state index in [9.17, 15) is 9.59 Å². The number of carbonyl (C=O) groups excluding carboxylic acids is 2. The quantitative estimate of drug-likeness (QED) is 0.114. The van der Waals surface area contributed by atoms with E-state index in [1.807, 2.05) is 92.7 Å². The zero-order chi connectivity index (χ0) is 24.4. The molecule has 0 unspecified atom stereocenters. The van der Waals surface area contributed by atoms with Crippen LogP contribution in [0, 0.1) is 0 Å². The van der Waals surface area contributed by atoms with Crippen LogP contribution in [0.3, 0.4) is 0 Å². The molecule has 174 valence electrons. The summed E-state index contributed by atoms with van der Waals surface area (Å²) in [4.78, 5) is 42.5. The Morgan fingerprint density at radius 3 is 1.94 bits per heavy atom. The summed E-state index contributed by atoms with van der Waals surface area (Å²) in [6, 6.07) is 24.0. The molecular weight excluding hydrogens is 480 g/mol. The Morgan fingerprint density at radius 2 is 1.34 bits per heavy atom. The molecule has 3 aromatic carbocycles. The summed E-state index contributed by atoms with van der Waals surface area (Å²) in [7, 11) is 0. The second kappa shape index (κ2) is 9.73. The number of thiazole rings is 2. The minimum atomic E-state index is -0.693.